The van der Waals surface area contributed by atoms with Crippen molar-refractivity contribution < 1.29 is 24.2 Å². The molecule has 8 heteroatoms. The smallest absolute Gasteiger partial charge is 0.371 e. The van der Waals surface area contributed by atoms with Crippen molar-refractivity contribution in [3.8, 4) is 0 Å². The zero-order valence-electron chi connectivity index (χ0n) is 17.4. The third-order valence-electron chi connectivity index (χ3n) is 5.28. The molecular weight excluding hydrogens is 388 g/mol. The summed E-state index contributed by atoms with van der Waals surface area (Å²) in [5.74, 6) is -2.94. The molecule has 8 nitrogen and oxygen atoms in total. The lowest BCUT2D eigenvalue weighted by molar-refractivity contribution is 0.0659. The molecule has 0 aliphatic carbocycles. The number of pyridine rings is 1. The van der Waals surface area contributed by atoms with Gasteiger partial charge in [-0.15, -0.1) is 0 Å². The van der Waals surface area contributed by atoms with Gasteiger partial charge in [0.15, 0.2) is 11.1 Å². The number of hydrogen-bond donors (Lipinski definition) is 3. The number of aryl methyl sites for hydroxylation is 2. The molecule has 2 aromatic heterocycles. The number of carbonyl (C=O) groups is 2. The molecule has 30 heavy (non-hydrogen) atoms. The Hall–Kier alpha value is -3.42. The fraction of sp³-hybridized carbons (Fsp3) is 0.364. The largest absolute Gasteiger partial charge is 0.477 e. The van der Waals surface area contributed by atoms with Crippen molar-refractivity contribution in [2.24, 2.45) is 0 Å². The average molecular weight is 412 g/mol. The van der Waals surface area contributed by atoms with Crippen molar-refractivity contribution in [2.75, 3.05) is 12.4 Å². The summed E-state index contributed by atoms with van der Waals surface area (Å²) >= 11 is 0. The minimum absolute atomic E-state index is 0.0650. The highest BCUT2D eigenvalue weighted by molar-refractivity contribution is 6.10. The lowest BCUT2D eigenvalue weighted by Crippen LogP contribution is -2.14. The topological polar surface area (TPSA) is 130 Å². The van der Waals surface area contributed by atoms with Crippen molar-refractivity contribution in [1.82, 2.24) is 4.98 Å². The van der Waals surface area contributed by atoms with E-state index in [0.717, 1.165) is 6.07 Å². The average Bonchev–Trinajstić information content (AvgIpc) is 2.72. The Kier molecular flexibility index (Phi) is 5.78. The highest BCUT2D eigenvalue weighted by atomic mass is 16.4. The Bertz CT molecular complexity index is 1240. The third-order valence-corrected chi connectivity index (χ3v) is 5.28. The van der Waals surface area contributed by atoms with Gasteiger partial charge in [-0.3, -0.25) is 4.79 Å². The Labute approximate surface area is 172 Å². The van der Waals surface area contributed by atoms with E-state index in [2.05, 4.69) is 10.3 Å². The van der Waals surface area contributed by atoms with Gasteiger partial charge in [-0.2, -0.15) is 0 Å². The van der Waals surface area contributed by atoms with E-state index in [4.69, 9.17) is 4.42 Å². The zero-order chi connectivity index (χ0) is 22.2. The lowest BCUT2D eigenvalue weighted by Gasteiger charge is -2.20. The van der Waals surface area contributed by atoms with Gasteiger partial charge in [-0.05, 0) is 24.8 Å². The maximum Gasteiger partial charge on any atom is 0.371 e. The highest BCUT2D eigenvalue weighted by Gasteiger charge is 2.26. The summed E-state index contributed by atoms with van der Waals surface area (Å²) in [6, 6.07) is 0.990. The summed E-state index contributed by atoms with van der Waals surface area (Å²) in [5.41, 5.74) is 2.47. The molecule has 158 valence electrons. The minimum atomic E-state index is -1.34. The van der Waals surface area contributed by atoms with Gasteiger partial charge < -0.3 is 19.9 Å². The number of aromatic carboxylic acids is 2. The second kappa shape index (κ2) is 8.14. The molecular formula is C22H24N2O6. The monoisotopic (exact) mass is 412 g/mol. The molecule has 0 aliphatic rings. The van der Waals surface area contributed by atoms with E-state index in [0.29, 0.717) is 64.4 Å². The van der Waals surface area contributed by atoms with E-state index in [9.17, 15) is 24.6 Å². The predicted octanol–water partition coefficient (Wildman–Crippen LogP) is 3.86. The van der Waals surface area contributed by atoms with Gasteiger partial charge >= 0.3 is 11.9 Å². The molecule has 1 aromatic carbocycles. The van der Waals surface area contributed by atoms with E-state index < -0.39 is 23.1 Å². The normalized spacial score (nSPS) is 11.2. The number of aromatic nitrogens is 1. The maximum absolute atomic E-state index is 13.0. The van der Waals surface area contributed by atoms with Crippen molar-refractivity contribution in [3.63, 3.8) is 0 Å². The van der Waals surface area contributed by atoms with Gasteiger partial charge in [-0.25, -0.2) is 14.6 Å². The van der Waals surface area contributed by atoms with Gasteiger partial charge in [0.25, 0.3) is 0 Å². The van der Waals surface area contributed by atoms with E-state index in [1.807, 2.05) is 20.8 Å². The molecule has 0 fully saturated rings. The van der Waals surface area contributed by atoms with Crippen molar-refractivity contribution in [2.45, 2.75) is 46.5 Å². The van der Waals surface area contributed by atoms with Crippen LogP contribution in [0.2, 0.25) is 0 Å². The first-order valence-electron chi connectivity index (χ1n) is 9.92. The molecule has 0 unspecified atom stereocenters. The quantitative estimate of drug-likeness (QED) is 0.499. The fourth-order valence-electron chi connectivity index (χ4n) is 4.10. The highest BCUT2D eigenvalue weighted by Crippen LogP contribution is 2.39. The molecule has 0 spiro atoms. The fourth-order valence-corrected chi connectivity index (χ4v) is 4.10. The molecule has 0 saturated carbocycles. The van der Waals surface area contributed by atoms with Crippen LogP contribution in [0.15, 0.2) is 15.3 Å². The van der Waals surface area contributed by atoms with Crippen LogP contribution in [0.4, 0.5) is 5.69 Å². The molecule has 3 rings (SSSR count). The molecule has 0 aliphatic heterocycles. The van der Waals surface area contributed by atoms with E-state index in [1.54, 1.807) is 7.05 Å². The summed E-state index contributed by atoms with van der Waals surface area (Å²) in [7, 11) is 1.71. The lowest BCUT2D eigenvalue weighted by atomic mass is 9.91. The van der Waals surface area contributed by atoms with Gasteiger partial charge in [0.1, 0.15) is 5.58 Å². The number of carboxylic acid groups (broad SMARTS) is 2. The zero-order valence-corrected chi connectivity index (χ0v) is 17.4. The van der Waals surface area contributed by atoms with Gasteiger partial charge in [-0.1, -0.05) is 27.2 Å². The van der Waals surface area contributed by atoms with Crippen LogP contribution in [0, 0.1) is 0 Å². The van der Waals surface area contributed by atoms with Crippen LogP contribution in [-0.2, 0) is 19.3 Å². The van der Waals surface area contributed by atoms with Gasteiger partial charge in [0.05, 0.1) is 10.9 Å². The Balaban J connectivity index is 2.73. The van der Waals surface area contributed by atoms with Gasteiger partial charge in [0, 0.05) is 35.3 Å². The van der Waals surface area contributed by atoms with Crippen molar-refractivity contribution in [3.05, 3.63) is 44.4 Å². The van der Waals surface area contributed by atoms with Crippen LogP contribution < -0.4 is 10.7 Å². The molecule has 0 radical (unpaired) electrons. The van der Waals surface area contributed by atoms with Crippen LogP contribution in [0.1, 0.15) is 64.9 Å². The number of anilines is 1. The third kappa shape index (κ3) is 3.18. The summed E-state index contributed by atoms with van der Waals surface area (Å²) < 4.78 is 5.66. The first kappa shape index (κ1) is 21.3. The number of fused-ring (bicyclic) bond motifs is 2. The molecule has 2 heterocycles. The van der Waals surface area contributed by atoms with E-state index in [-0.39, 0.29) is 11.3 Å². The van der Waals surface area contributed by atoms with Crippen molar-refractivity contribution >= 4 is 39.5 Å². The second-order valence-corrected chi connectivity index (χ2v) is 6.99. The first-order chi connectivity index (χ1) is 14.3. The van der Waals surface area contributed by atoms with Crippen LogP contribution in [0.3, 0.4) is 0 Å². The SMILES string of the molecule is CCCc1c2nc(C(=O)O)c(CC)c(NC)c2c(CC)c2c(=O)cc(C(=O)O)oc12. The summed E-state index contributed by atoms with van der Waals surface area (Å²) in [5, 5.41) is 23.2. The number of carboxylic acids is 2. The Morgan fingerprint density at radius 3 is 2.20 bits per heavy atom. The number of nitrogens with one attached hydrogen (secondary N) is 1. The van der Waals surface area contributed by atoms with Crippen LogP contribution in [-0.4, -0.2) is 34.2 Å². The van der Waals surface area contributed by atoms with E-state index >= 15 is 0 Å². The van der Waals surface area contributed by atoms with Crippen LogP contribution in [0.5, 0.6) is 0 Å². The Morgan fingerprint density at radius 1 is 1.03 bits per heavy atom. The number of nitrogens with zero attached hydrogens (tertiary/aromatic N) is 1. The van der Waals surface area contributed by atoms with Gasteiger partial charge in [0.2, 0.25) is 5.76 Å². The standard InChI is InChI=1S/C22H24N2O6/c1-5-8-12-18-16(17(23-4)11(7-3)19(24-18)22(28)29)10(6-2)15-13(25)9-14(21(26)27)30-20(12)15/h9H,5-8H2,1-4H3,(H,23,24)(H,26,27)(H,28,29). The molecule has 3 N–H and O–H groups in total. The minimum Gasteiger partial charge on any atom is -0.477 e. The second-order valence-electron chi connectivity index (χ2n) is 6.99. The van der Waals surface area contributed by atoms with Crippen molar-refractivity contribution in [1.29, 1.82) is 0 Å². The van der Waals surface area contributed by atoms with Crippen LogP contribution >= 0.6 is 0 Å². The summed E-state index contributed by atoms with van der Waals surface area (Å²) in [4.78, 5) is 40.9. The Morgan fingerprint density at radius 2 is 1.70 bits per heavy atom. The van der Waals surface area contributed by atoms with Crippen LogP contribution in [0.25, 0.3) is 21.9 Å². The summed E-state index contributed by atoms with van der Waals surface area (Å²) in [6.45, 7) is 5.67. The predicted molar refractivity (Wildman–Crippen MR) is 114 cm³/mol. The number of benzene rings is 1. The first-order valence-corrected chi connectivity index (χ1v) is 9.92. The molecule has 0 amide bonds. The summed E-state index contributed by atoms with van der Waals surface area (Å²) in [6.07, 6.45) is 2.02. The molecule has 0 saturated heterocycles. The molecule has 0 atom stereocenters. The number of hydrogen-bond acceptors (Lipinski definition) is 6. The number of rotatable bonds is 7. The molecule has 3 aromatic rings. The van der Waals surface area contributed by atoms with E-state index in [1.165, 1.54) is 0 Å². The molecule has 0 bridgehead atoms. The maximum atomic E-state index is 13.0.